The zero-order valence-corrected chi connectivity index (χ0v) is 4.36. The maximum absolute atomic E-state index is 12.2. The van der Waals surface area contributed by atoms with Gasteiger partial charge in [-0.3, -0.25) is 0 Å². The molecule has 1 aliphatic rings. The molecule has 0 radical (unpaired) electrons. The van der Waals surface area contributed by atoms with Crippen LogP contribution in [0.15, 0.2) is 0 Å². The number of rotatable bonds is 0. The second kappa shape index (κ2) is 2.26. The second-order valence-electron chi connectivity index (χ2n) is 2.05. The van der Waals surface area contributed by atoms with E-state index in [2.05, 4.69) is 0 Å². The van der Waals surface area contributed by atoms with Gasteiger partial charge in [0.2, 0.25) is 0 Å². The zero-order chi connectivity index (χ0) is 5.11. The summed E-state index contributed by atoms with van der Waals surface area (Å²) in [5.74, 6) is 0. The van der Waals surface area contributed by atoms with Crippen LogP contribution < -0.4 is 5.32 Å². The van der Waals surface area contributed by atoms with Gasteiger partial charge < -0.3 is 5.32 Å². The lowest BCUT2D eigenvalue weighted by atomic mass is 10.1. The summed E-state index contributed by atoms with van der Waals surface area (Å²) < 4.78 is 12.2. The van der Waals surface area contributed by atoms with Gasteiger partial charge >= 0.3 is 0 Å². The molecule has 1 atom stereocenters. The van der Waals surface area contributed by atoms with Gasteiger partial charge in [-0.2, -0.15) is 0 Å². The predicted octanol–water partition coefficient (Wildman–Crippen LogP) is -0.318. The summed E-state index contributed by atoms with van der Waals surface area (Å²) in [4.78, 5) is 0. The Morgan fingerprint density at radius 2 is 2.43 bits per heavy atom. The number of halogens is 1. The van der Waals surface area contributed by atoms with Gasteiger partial charge in [0.05, 0.1) is 6.54 Å². The van der Waals surface area contributed by atoms with Crippen LogP contribution in [0.25, 0.3) is 0 Å². The smallest absolute Gasteiger partial charge is 0.149 e. The van der Waals surface area contributed by atoms with E-state index < -0.39 is 6.17 Å². The van der Waals surface area contributed by atoms with E-state index in [0.29, 0.717) is 6.54 Å². The number of alkyl halides is 1. The minimum atomic E-state index is -0.520. The van der Waals surface area contributed by atoms with Crippen LogP contribution in [0.3, 0.4) is 0 Å². The number of nitrogens with two attached hydrogens (primary N) is 1. The van der Waals surface area contributed by atoms with Gasteiger partial charge in [0, 0.05) is 0 Å². The summed E-state index contributed by atoms with van der Waals surface area (Å²) in [6, 6.07) is 0. The monoisotopic (exact) mass is 104 g/mol. The topological polar surface area (TPSA) is 16.6 Å². The normalized spacial score (nSPS) is 33.0. The van der Waals surface area contributed by atoms with E-state index in [1.165, 1.54) is 0 Å². The molecule has 7 heavy (non-hydrogen) atoms. The molecule has 0 bridgehead atoms. The van der Waals surface area contributed by atoms with E-state index in [1.54, 1.807) is 0 Å². The molecule has 1 fully saturated rings. The van der Waals surface area contributed by atoms with Crippen molar-refractivity contribution in [3.63, 3.8) is 0 Å². The van der Waals surface area contributed by atoms with Crippen LogP contribution in [0.5, 0.6) is 0 Å². The first-order valence-electron chi connectivity index (χ1n) is 2.85. The number of hydrogen-bond acceptors (Lipinski definition) is 0. The molecule has 1 aliphatic heterocycles. The van der Waals surface area contributed by atoms with Crippen molar-refractivity contribution in [2.45, 2.75) is 19.0 Å². The third-order valence-corrected chi connectivity index (χ3v) is 1.35. The van der Waals surface area contributed by atoms with Crippen molar-refractivity contribution < 1.29 is 9.71 Å². The lowest BCUT2D eigenvalue weighted by Gasteiger charge is -2.11. The van der Waals surface area contributed by atoms with Crippen LogP contribution in [0.2, 0.25) is 0 Å². The largest absolute Gasteiger partial charge is 0.344 e. The average molecular weight is 104 g/mol. The predicted molar refractivity (Wildman–Crippen MR) is 25.8 cm³/mol. The van der Waals surface area contributed by atoms with Crippen LogP contribution in [0.1, 0.15) is 12.8 Å². The summed E-state index contributed by atoms with van der Waals surface area (Å²) in [7, 11) is 0. The fourth-order valence-corrected chi connectivity index (χ4v) is 0.900. The van der Waals surface area contributed by atoms with Crippen LogP contribution >= 0.6 is 0 Å². The van der Waals surface area contributed by atoms with Gasteiger partial charge in [-0.1, -0.05) is 0 Å². The van der Waals surface area contributed by atoms with Crippen molar-refractivity contribution in [1.82, 2.24) is 0 Å². The summed E-state index contributed by atoms with van der Waals surface area (Å²) >= 11 is 0. The first-order valence-corrected chi connectivity index (χ1v) is 2.85. The molecule has 0 aliphatic carbocycles. The quantitative estimate of drug-likeness (QED) is 0.434. The molecule has 0 aromatic carbocycles. The molecule has 1 rings (SSSR count). The molecule has 0 aromatic rings. The third-order valence-electron chi connectivity index (χ3n) is 1.35. The van der Waals surface area contributed by atoms with Gasteiger partial charge in [0.15, 0.2) is 0 Å². The maximum atomic E-state index is 12.2. The Hall–Kier alpha value is -0.110. The highest BCUT2D eigenvalue weighted by Crippen LogP contribution is 1.99. The van der Waals surface area contributed by atoms with Gasteiger partial charge in [0.1, 0.15) is 12.7 Å². The number of hydrogen-bond donors (Lipinski definition) is 1. The van der Waals surface area contributed by atoms with Crippen LogP contribution in [0.4, 0.5) is 4.39 Å². The van der Waals surface area contributed by atoms with Crippen LogP contribution in [-0.4, -0.2) is 19.3 Å². The fraction of sp³-hybridized carbons (Fsp3) is 1.00. The number of quaternary nitrogens is 1. The standard InChI is InChI=1S/C5H10FN/c6-5-2-1-3-7-4-5/h5,7H,1-4H2/p+1/t5-/m0/s1. The molecule has 0 spiro atoms. The molecule has 1 saturated heterocycles. The van der Waals surface area contributed by atoms with Gasteiger partial charge in [-0.25, -0.2) is 4.39 Å². The molecule has 2 N–H and O–H groups in total. The van der Waals surface area contributed by atoms with Crippen molar-refractivity contribution in [2.24, 2.45) is 0 Å². The molecule has 2 heteroatoms. The highest BCUT2D eigenvalue weighted by molar-refractivity contribution is 4.54. The first kappa shape index (κ1) is 5.04. The Bertz CT molecular complexity index is 50.0. The first-order chi connectivity index (χ1) is 3.39. The van der Waals surface area contributed by atoms with E-state index >= 15 is 0 Å². The molecular formula is C5H11FN+. The molecule has 0 aromatic heterocycles. The molecule has 0 amide bonds. The second-order valence-corrected chi connectivity index (χ2v) is 2.05. The Balaban J connectivity index is 2.12. The Morgan fingerprint density at radius 3 is 2.71 bits per heavy atom. The van der Waals surface area contributed by atoms with E-state index in [4.69, 9.17) is 0 Å². The van der Waals surface area contributed by atoms with Crippen molar-refractivity contribution in [2.75, 3.05) is 13.1 Å². The molecular weight excluding hydrogens is 93.1 g/mol. The van der Waals surface area contributed by atoms with E-state index in [1.807, 2.05) is 5.32 Å². The van der Waals surface area contributed by atoms with Gasteiger partial charge in [-0.05, 0) is 12.8 Å². The molecule has 0 unspecified atom stereocenters. The van der Waals surface area contributed by atoms with Gasteiger partial charge in [0.25, 0.3) is 0 Å². The van der Waals surface area contributed by atoms with E-state index in [0.717, 1.165) is 19.4 Å². The SMILES string of the molecule is F[C@H]1CCC[NH2+]C1. The van der Waals surface area contributed by atoms with Crippen molar-refractivity contribution >= 4 is 0 Å². The Morgan fingerprint density at radius 1 is 1.57 bits per heavy atom. The Labute approximate surface area is 42.9 Å². The molecule has 1 heterocycles. The third kappa shape index (κ3) is 1.43. The highest BCUT2D eigenvalue weighted by atomic mass is 19.1. The average Bonchev–Trinajstić information content (AvgIpc) is 1.69. The van der Waals surface area contributed by atoms with Crippen LogP contribution in [-0.2, 0) is 0 Å². The van der Waals surface area contributed by atoms with E-state index in [-0.39, 0.29) is 0 Å². The van der Waals surface area contributed by atoms with Crippen molar-refractivity contribution in [3.8, 4) is 0 Å². The molecule has 42 valence electrons. The molecule has 0 saturated carbocycles. The van der Waals surface area contributed by atoms with Crippen LogP contribution in [0, 0.1) is 0 Å². The summed E-state index contributed by atoms with van der Waals surface area (Å²) in [6.45, 7) is 1.82. The fourth-order valence-electron chi connectivity index (χ4n) is 0.900. The molecule has 1 nitrogen and oxygen atoms in total. The van der Waals surface area contributed by atoms with Crippen molar-refractivity contribution in [3.05, 3.63) is 0 Å². The highest BCUT2D eigenvalue weighted by Gasteiger charge is 2.12. The number of piperidine rings is 1. The summed E-state index contributed by atoms with van der Waals surface area (Å²) in [5, 5.41) is 2.04. The van der Waals surface area contributed by atoms with Crippen molar-refractivity contribution in [1.29, 1.82) is 0 Å². The summed E-state index contributed by atoms with van der Waals surface area (Å²) in [6.07, 6.45) is 1.33. The minimum absolute atomic E-state index is 0.520. The zero-order valence-electron chi connectivity index (χ0n) is 4.36. The lowest BCUT2D eigenvalue weighted by molar-refractivity contribution is -0.667. The van der Waals surface area contributed by atoms with E-state index in [9.17, 15) is 4.39 Å². The Kier molecular flexibility index (Phi) is 1.63. The minimum Gasteiger partial charge on any atom is -0.344 e. The summed E-state index contributed by atoms with van der Waals surface area (Å²) in [5.41, 5.74) is 0. The van der Waals surface area contributed by atoms with Gasteiger partial charge in [-0.15, -0.1) is 0 Å². The lowest BCUT2D eigenvalue weighted by Crippen LogP contribution is -2.87. The maximum Gasteiger partial charge on any atom is 0.149 e.